The van der Waals surface area contributed by atoms with E-state index in [0.29, 0.717) is 12.6 Å². The SMILES string of the molecule is CN=C(NCCCOC1CCOCC1)NCc1ccco1. The molecule has 1 fully saturated rings. The van der Waals surface area contributed by atoms with E-state index >= 15 is 0 Å². The minimum atomic E-state index is 0.371. The molecule has 2 N–H and O–H groups in total. The van der Waals surface area contributed by atoms with Crippen molar-refractivity contribution in [3.8, 4) is 0 Å². The van der Waals surface area contributed by atoms with Gasteiger partial charge in [-0.1, -0.05) is 0 Å². The number of rotatable bonds is 7. The summed E-state index contributed by atoms with van der Waals surface area (Å²) < 4.78 is 16.4. The van der Waals surface area contributed by atoms with Gasteiger partial charge in [0, 0.05) is 33.4 Å². The Morgan fingerprint density at radius 3 is 2.95 bits per heavy atom. The zero-order chi connectivity index (χ0) is 14.8. The van der Waals surface area contributed by atoms with E-state index in [1.54, 1.807) is 13.3 Å². The van der Waals surface area contributed by atoms with E-state index in [1.165, 1.54) is 0 Å². The van der Waals surface area contributed by atoms with Crippen LogP contribution in [0.3, 0.4) is 0 Å². The second-order valence-electron chi connectivity index (χ2n) is 4.97. The molecule has 6 heteroatoms. The summed E-state index contributed by atoms with van der Waals surface area (Å²) >= 11 is 0. The molecule has 1 aromatic heterocycles. The van der Waals surface area contributed by atoms with E-state index in [2.05, 4.69) is 15.6 Å². The Hall–Kier alpha value is -1.53. The van der Waals surface area contributed by atoms with E-state index < -0.39 is 0 Å². The Bertz CT molecular complexity index is 400. The standard InChI is InChI=1S/C15H25N3O3/c1-16-15(18-12-14-4-2-8-21-14)17-7-3-9-20-13-5-10-19-11-6-13/h2,4,8,13H,3,5-7,9-12H2,1H3,(H2,16,17,18). The lowest BCUT2D eigenvalue weighted by atomic mass is 10.1. The Labute approximate surface area is 125 Å². The Kier molecular flexibility index (Phi) is 7.11. The van der Waals surface area contributed by atoms with E-state index in [1.807, 2.05) is 12.1 Å². The van der Waals surface area contributed by atoms with Crippen LogP contribution in [-0.2, 0) is 16.0 Å². The van der Waals surface area contributed by atoms with Crippen molar-refractivity contribution < 1.29 is 13.9 Å². The van der Waals surface area contributed by atoms with Crippen molar-refractivity contribution in [1.29, 1.82) is 0 Å². The Balaban J connectivity index is 1.51. The zero-order valence-corrected chi connectivity index (χ0v) is 12.6. The highest BCUT2D eigenvalue weighted by atomic mass is 16.5. The third-order valence-electron chi connectivity index (χ3n) is 3.37. The number of hydrogen-bond donors (Lipinski definition) is 2. The minimum Gasteiger partial charge on any atom is -0.467 e. The van der Waals surface area contributed by atoms with Crippen LogP contribution in [0.1, 0.15) is 25.0 Å². The fourth-order valence-electron chi connectivity index (χ4n) is 2.18. The number of furan rings is 1. The van der Waals surface area contributed by atoms with Crippen molar-refractivity contribution >= 4 is 5.96 Å². The van der Waals surface area contributed by atoms with E-state index in [-0.39, 0.29) is 0 Å². The molecule has 2 heterocycles. The maximum Gasteiger partial charge on any atom is 0.191 e. The molecule has 2 rings (SSSR count). The number of hydrogen-bond acceptors (Lipinski definition) is 4. The van der Waals surface area contributed by atoms with Crippen molar-refractivity contribution in [2.24, 2.45) is 4.99 Å². The van der Waals surface area contributed by atoms with Crippen LogP contribution in [0.5, 0.6) is 0 Å². The first kappa shape index (κ1) is 15.9. The van der Waals surface area contributed by atoms with Gasteiger partial charge in [-0.25, -0.2) is 0 Å². The molecular formula is C15H25N3O3. The van der Waals surface area contributed by atoms with Crippen LogP contribution in [0.25, 0.3) is 0 Å². The van der Waals surface area contributed by atoms with Gasteiger partial charge in [0.1, 0.15) is 5.76 Å². The van der Waals surface area contributed by atoms with Gasteiger partial charge in [-0.05, 0) is 31.4 Å². The molecule has 0 bridgehead atoms. The summed E-state index contributed by atoms with van der Waals surface area (Å²) in [5.41, 5.74) is 0. The van der Waals surface area contributed by atoms with E-state index in [0.717, 1.165) is 57.3 Å². The van der Waals surface area contributed by atoms with Crippen molar-refractivity contribution in [1.82, 2.24) is 10.6 Å². The third kappa shape index (κ3) is 6.18. The number of guanidine groups is 1. The summed E-state index contributed by atoms with van der Waals surface area (Å²) in [6.07, 6.45) is 5.02. The average molecular weight is 295 g/mol. The maximum atomic E-state index is 5.82. The van der Waals surface area contributed by atoms with Gasteiger partial charge in [-0.15, -0.1) is 0 Å². The first-order valence-corrected chi connectivity index (χ1v) is 7.54. The van der Waals surface area contributed by atoms with E-state index in [9.17, 15) is 0 Å². The average Bonchev–Trinajstić information content (AvgIpc) is 3.04. The summed E-state index contributed by atoms with van der Waals surface area (Å²) in [6.45, 7) is 3.89. The number of ether oxygens (including phenoxy) is 2. The molecule has 0 spiro atoms. The highest BCUT2D eigenvalue weighted by Gasteiger charge is 2.13. The second kappa shape index (κ2) is 9.41. The Morgan fingerprint density at radius 1 is 1.38 bits per heavy atom. The highest BCUT2D eigenvalue weighted by Crippen LogP contribution is 2.10. The molecule has 1 aliphatic heterocycles. The van der Waals surface area contributed by atoms with Gasteiger partial charge in [-0.3, -0.25) is 4.99 Å². The first-order chi connectivity index (χ1) is 10.4. The number of aliphatic imine (C=N–C) groups is 1. The molecule has 0 amide bonds. The maximum absolute atomic E-state index is 5.82. The largest absolute Gasteiger partial charge is 0.467 e. The molecule has 0 radical (unpaired) electrons. The lowest BCUT2D eigenvalue weighted by Crippen LogP contribution is -2.37. The molecule has 0 unspecified atom stereocenters. The van der Waals surface area contributed by atoms with Crippen LogP contribution in [-0.4, -0.2) is 45.5 Å². The summed E-state index contributed by atoms with van der Waals surface area (Å²) in [6, 6.07) is 3.81. The van der Waals surface area contributed by atoms with Gasteiger partial charge in [0.05, 0.1) is 18.9 Å². The molecule has 21 heavy (non-hydrogen) atoms. The molecule has 6 nitrogen and oxygen atoms in total. The zero-order valence-electron chi connectivity index (χ0n) is 12.6. The van der Waals surface area contributed by atoms with Crippen molar-refractivity contribution in [3.63, 3.8) is 0 Å². The van der Waals surface area contributed by atoms with Gasteiger partial charge in [0.25, 0.3) is 0 Å². The lowest BCUT2D eigenvalue weighted by Gasteiger charge is -2.22. The van der Waals surface area contributed by atoms with Crippen molar-refractivity contribution in [3.05, 3.63) is 24.2 Å². The summed E-state index contributed by atoms with van der Waals surface area (Å²) in [5, 5.41) is 6.46. The molecule has 118 valence electrons. The van der Waals surface area contributed by atoms with Crippen LogP contribution in [0, 0.1) is 0 Å². The quantitative estimate of drug-likeness (QED) is 0.453. The van der Waals surface area contributed by atoms with Gasteiger partial charge in [0.2, 0.25) is 0 Å². The third-order valence-corrected chi connectivity index (χ3v) is 3.37. The highest BCUT2D eigenvalue weighted by molar-refractivity contribution is 5.79. The molecule has 0 saturated carbocycles. The molecule has 1 aliphatic rings. The van der Waals surface area contributed by atoms with Gasteiger partial charge < -0.3 is 24.5 Å². The van der Waals surface area contributed by atoms with Gasteiger partial charge >= 0.3 is 0 Å². The normalized spacial score (nSPS) is 16.9. The fourth-order valence-corrected chi connectivity index (χ4v) is 2.18. The predicted octanol–water partition coefficient (Wildman–Crippen LogP) is 1.53. The van der Waals surface area contributed by atoms with Crippen molar-refractivity contribution in [2.45, 2.75) is 31.9 Å². The van der Waals surface area contributed by atoms with Crippen LogP contribution < -0.4 is 10.6 Å². The molecule has 0 atom stereocenters. The lowest BCUT2D eigenvalue weighted by molar-refractivity contribution is -0.0320. The molecule has 0 aromatic carbocycles. The van der Waals surface area contributed by atoms with E-state index in [4.69, 9.17) is 13.9 Å². The summed E-state index contributed by atoms with van der Waals surface area (Å²) in [7, 11) is 1.76. The van der Waals surface area contributed by atoms with Crippen LogP contribution in [0.4, 0.5) is 0 Å². The van der Waals surface area contributed by atoms with Crippen LogP contribution >= 0.6 is 0 Å². The molecule has 0 aliphatic carbocycles. The van der Waals surface area contributed by atoms with Crippen LogP contribution in [0.2, 0.25) is 0 Å². The second-order valence-corrected chi connectivity index (χ2v) is 4.97. The van der Waals surface area contributed by atoms with Crippen LogP contribution in [0.15, 0.2) is 27.8 Å². The predicted molar refractivity (Wildman–Crippen MR) is 81.3 cm³/mol. The Morgan fingerprint density at radius 2 is 2.24 bits per heavy atom. The fraction of sp³-hybridized carbons (Fsp3) is 0.667. The first-order valence-electron chi connectivity index (χ1n) is 7.54. The summed E-state index contributed by atoms with van der Waals surface area (Å²) in [4.78, 5) is 4.17. The number of nitrogens with one attached hydrogen (secondary N) is 2. The summed E-state index contributed by atoms with van der Waals surface area (Å²) in [5.74, 6) is 1.67. The monoisotopic (exact) mass is 295 g/mol. The number of nitrogens with zero attached hydrogens (tertiary/aromatic N) is 1. The van der Waals surface area contributed by atoms with Gasteiger partial charge in [-0.2, -0.15) is 0 Å². The smallest absolute Gasteiger partial charge is 0.191 e. The topological polar surface area (TPSA) is 68.0 Å². The molecule has 1 aromatic rings. The molecule has 1 saturated heterocycles. The van der Waals surface area contributed by atoms with Gasteiger partial charge in [0.15, 0.2) is 5.96 Å². The minimum absolute atomic E-state index is 0.371. The van der Waals surface area contributed by atoms with Crippen molar-refractivity contribution in [2.75, 3.05) is 33.4 Å². The molecular weight excluding hydrogens is 270 g/mol.